The van der Waals surface area contributed by atoms with Crippen LogP contribution in [0.4, 0.5) is 0 Å². The van der Waals surface area contributed by atoms with E-state index in [0.29, 0.717) is 23.4 Å². The number of carbonyl (C=O) groups excluding carboxylic acids is 1. The van der Waals surface area contributed by atoms with Gasteiger partial charge in [-0.25, -0.2) is 0 Å². The minimum Gasteiger partial charge on any atom is -0.508 e. The molecule has 1 aromatic rings. The van der Waals surface area contributed by atoms with Gasteiger partial charge in [-0.1, -0.05) is 6.07 Å². The summed E-state index contributed by atoms with van der Waals surface area (Å²) in [7, 11) is 0. The Balaban J connectivity index is 1.50. The SMILES string of the molecule is O=C(NC1[C@@H]2CC3C[C@H]1CN(C3)C2)c1cccc(O)c1. The van der Waals surface area contributed by atoms with E-state index in [4.69, 9.17) is 0 Å². The van der Waals surface area contributed by atoms with Crippen LogP contribution in [-0.4, -0.2) is 41.6 Å². The van der Waals surface area contributed by atoms with Gasteiger partial charge in [-0.2, -0.15) is 0 Å². The summed E-state index contributed by atoms with van der Waals surface area (Å²) in [5.74, 6) is 2.17. The van der Waals surface area contributed by atoms with Gasteiger partial charge in [0.25, 0.3) is 5.91 Å². The van der Waals surface area contributed by atoms with E-state index in [9.17, 15) is 9.90 Å². The van der Waals surface area contributed by atoms with E-state index < -0.39 is 0 Å². The Kier molecular flexibility index (Phi) is 2.74. The van der Waals surface area contributed by atoms with E-state index >= 15 is 0 Å². The van der Waals surface area contributed by atoms with Crippen LogP contribution in [0.15, 0.2) is 24.3 Å². The topological polar surface area (TPSA) is 52.6 Å². The van der Waals surface area contributed by atoms with Crippen LogP contribution in [-0.2, 0) is 0 Å². The fourth-order valence-corrected chi connectivity index (χ4v) is 4.53. The fraction of sp³-hybridized carbons (Fsp3) is 0.562. The molecule has 5 atom stereocenters. The van der Waals surface area contributed by atoms with Gasteiger partial charge in [0.2, 0.25) is 0 Å². The molecule has 3 saturated heterocycles. The Morgan fingerprint density at radius 2 is 1.95 bits per heavy atom. The Hall–Kier alpha value is -1.55. The molecule has 1 saturated carbocycles. The highest BCUT2D eigenvalue weighted by atomic mass is 16.3. The molecule has 4 bridgehead atoms. The minimum atomic E-state index is -0.0478. The van der Waals surface area contributed by atoms with Crippen molar-refractivity contribution in [2.24, 2.45) is 17.8 Å². The summed E-state index contributed by atoms with van der Waals surface area (Å²) in [5.41, 5.74) is 0.555. The molecule has 2 N–H and O–H groups in total. The van der Waals surface area contributed by atoms with Crippen molar-refractivity contribution < 1.29 is 9.90 Å². The van der Waals surface area contributed by atoms with Crippen LogP contribution in [0.25, 0.3) is 0 Å². The van der Waals surface area contributed by atoms with Crippen molar-refractivity contribution in [1.82, 2.24) is 10.2 Å². The summed E-state index contributed by atoms with van der Waals surface area (Å²) in [4.78, 5) is 14.9. The number of amides is 1. The molecule has 5 rings (SSSR count). The highest BCUT2D eigenvalue weighted by Gasteiger charge is 2.47. The molecule has 20 heavy (non-hydrogen) atoms. The average molecular weight is 272 g/mol. The summed E-state index contributed by atoms with van der Waals surface area (Å²) >= 11 is 0. The lowest BCUT2D eigenvalue weighted by atomic mass is 9.65. The molecule has 3 heterocycles. The smallest absolute Gasteiger partial charge is 0.251 e. The second kappa shape index (κ2) is 4.48. The summed E-state index contributed by atoms with van der Waals surface area (Å²) in [6, 6.07) is 6.92. The molecule has 106 valence electrons. The first-order valence-electron chi connectivity index (χ1n) is 7.51. The molecule has 4 aliphatic rings. The van der Waals surface area contributed by atoms with Crippen LogP contribution >= 0.6 is 0 Å². The summed E-state index contributed by atoms with van der Waals surface area (Å²) in [6.45, 7) is 3.54. The third kappa shape index (κ3) is 1.99. The fourth-order valence-electron chi connectivity index (χ4n) is 4.53. The highest BCUT2D eigenvalue weighted by molar-refractivity contribution is 5.94. The average Bonchev–Trinajstić information content (AvgIpc) is 2.42. The second-order valence-corrected chi connectivity index (χ2v) is 6.63. The second-order valence-electron chi connectivity index (χ2n) is 6.63. The molecule has 1 amide bonds. The number of hydrogen-bond acceptors (Lipinski definition) is 3. The quantitative estimate of drug-likeness (QED) is 0.857. The molecular weight excluding hydrogens is 252 g/mol. The number of piperidine rings is 3. The first-order valence-corrected chi connectivity index (χ1v) is 7.51. The number of phenols is 1. The molecule has 1 aliphatic carbocycles. The molecular formula is C16H20N2O2. The van der Waals surface area contributed by atoms with Crippen LogP contribution in [0.3, 0.4) is 0 Å². The van der Waals surface area contributed by atoms with E-state index in [1.807, 2.05) is 0 Å². The number of nitrogens with zero attached hydrogens (tertiary/aromatic N) is 1. The number of rotatable bonds is 2. The Morgan fingerprint density at radius 3 is 2.60 bits per heavy atom. The number of aromatic hydroxyl groups is 1. The van der Waals surface area contributed by atoms with Crippen molar-refractivity contribution in [3.05, 3.63) is 29.8 Å². The van der Waals surface area contributed by atoms with Crippen molar-refractivity contribution in [1.29, 1.82) is 0 Å². The van der Waals surface area contributed by atoms with Gasteiger partial charge in [0.1, 0.15) is 5.75 Å². The van der Waals surface area contributed by atoms with E-state index in [1.54, 1.807) is 18.2 Å². The van der Waals surface area contributed by atoms with Gasteiger partial charge < -0.3 is 15.3 Å². The van der Waals surface area contributed by atoms with Crippen molar-refractivity contribution >= 4 is 5.91 Å². The zero-order chi connectivity index (χ0) is 13.7. The predicted octanol–water partition coefficient (Wildman–Crippen LogP) is 1.46. The largest absolute Gasteiger partial charge is 0.508 e. The van der Waals surface area contributed by atoms with E-state index in [2.05, 4.69) is 10.2 Å². The normalized spacial score (nSPS) is 37.9. The molecule has 4 nitrogen and oxygen atoms in total. The Bertz CT molecular complexity index is 515. The molecule has 4 fully saturated rings. The molecule has 0 aromatic heterocycles. The van der Waals surface area contributed by atoms with Gasteiger partial charge in [0.15, 0.2) is 0 Å². The molecule has 0 spiro atoms. The predicted molar refractivity (Wildman–Crippen MR) is 75.5 cm³/mol. The lowest BCUT2D eigenvalue weighted by Crippen LogP contribution is -2.64. The molecule has 4 heteroatoms. The van der Waals surface area contributed by atoms with Gasteiger partial charge >= 0.3 is 0 Å². The van der Waals surface area contributed by atoms with Crippen LogP contribution in [0, 0.1) is 17.8 Å². The van der Waals surface area contributed by atoms with Crippen LogP contribution in [0.5, 0.6) is 5.75 Å². The van der Waals surface area contributed by atoms with Crippen LogP contribution in [0.2, 0.25) is 0 Å². The molecule has 3 unspecified atom stereocenters. The first-order chi connectivity index (χ1) is 9.69. The number of carbonyl (C=O) groups is 1. The maximum Gasteiger partial charge on any atom is 0.251 e. The third-order valence-corrected chi connectivity index (χ3v) is 5.20. The van der Waals surface area contributed by atoms with Crippen molar-refractivity contribution in [3.8, 4) is 5.75 Å². The third-order valence-electron chi connectivity index (χ3n) is 5.20. The summed E-state index contributed by atoms with van der Waals surface area (Å²) in [6.07, 6.45) is 2.52. The van der Waals surface area contributed by atoms with Gasteiger partial charge in [0.05, 0.1) is 0 Å². The number of nitrogens with one attached hydrogen (secondary N) is 1. The van der Waals surface area contributed by atoms with Gasteiger partial charge in [0, 0.05) is 31.2 Å². The minimum absolute atomic E-state index is 0.0478. The van der Waals surface area contributed by atoms with Crippen LogP contribution < -0.4 is 5.32 Å². The Morgan fingerprint density at radius 1 is 1.20 bits per heavy atom. The van der Waals surface area contributed by atoms with Gasteiger partial charge in [-0.05, 0) is 48.8 Å². The van der Waals surface area contributed by atoms with E-state index in [1.165, 1.54) is 25.5 Å². The molecule has 0 radical (unpaired) electrons. The summed E-state index contributed by atoms with van der Waals surface area (Å²) in [5, 5.41) is 12.7. The van der Waals surface area contributed by atoms with Crippen molar-refractivity contribution in [2.45, 2.75) is 18.9 Å². The Labute approximate surface area is 118 Å². The number of hydrogen-bond donors (Lipinski definition) is 2. The monoisotopic (exact) mass is 272 g/mol. The van der Waals surface area contributed by atoms with Gasteiger partial charge in [-0.15, -0.1) is 0 Å². The lowest BCUT2D eigenvalue weighted by Gasteiger charge is -2.55. The van der Waals surface area contributed by atoms with Crippen LogP contribution in [0.1, 0.15) is 23.2 Å². The number of phenolic OH excluding ortho intramolecular Hbond substituents is 1. The first kappa shape index (κ1) is 12.2. The standard InChI is InChI=1S/C16H20N2O2/c19-14-3-1-2-11(6-14)16(20)17-15-12-4-10-5-13(15)9-18(7-10)8-12/h1-3,6,10,12-13,15,19H,4-5,7-9H2,(H,17,20)/t10?,12-,13+,15?. The van der Waals surface area contributed by atoms with E-state index in [0.717, 1.165) is 19.0 Å². The lowest BCUT2D eigenvalue weighted by molar-refractivity contribution is -0.0418. The maximum absolute atomic E-state index is 12.4. The zero-order valence-corrected chi connectivity index (χ0v) is 11.5. The van der Waals surface area contributed by atoms with Crippen molar-refractivity contribution in [3.63, 3.8) is 0 Å². The number of benzene rings is 1. The zero-order valence-electron chi connectivity index (χ0n) is 11.5. The highest BCUT2D eigenvalue weighted by Crippen LogP contribution is 2.43. The van der Waals surface area contributed by atoms with Gasteiger partial charge in [-0.3, -0.25) is 4.79 Å². The van der Waals surface area contributed by atoms with Crippen molar-refractivity contribution in [2.75, 3.05) is 19.6 Å². The maximum atomic E-state index is 12.4. The molecule has 1 aromatic carbocycles. The summed E-state index contributed by atoms with van der Waals surface area (Å²) < 4.78 is 0. The van der Waals surface area contributed by atoms with E-state index in [-0.39, 0.29) is 11.7 Å². The molecule has 3 aliphatic heterocycles.